The van der Waals surface area contributed by atoms with Crippen LogP contribution in [0.15, 0.2) is 24.3 Å². The Morgan fingerprint density at radius 2 is 1.73 bits per heavy atom. The lowest BCUT2D eigenvalue weighted by Gasteiger charge is -2.14. The number of rotatable bonds is 4. The molecule has 2 heteroatoms. The molecule has 1 aromatic carbocycles. The van der Waals surface area contributed by atoms with Crippen molar-refractivity contribution in [3.63, 3.8) is 0 Å². The van der Waals surface area contributed by atoms with E-state index in [0.29, 0.717) is 6.04 Å². The molecule has 1 amide bonds. The highest BCUT2D eigenvalue weighted by atomic mass is 16.1. The number of amides is 1. The first-order chi connectivity index (χ1) is 7.17. The van der Waals surface area contributed by atoms with Gasteiger partial charge in [0.05, 0.1) is 0 Å². The molecule has 2 nitrogen and oxygen atoms in total. The molecule has 0 heterocycles. The standard InChI is InChI=1S/C13H19NO/c1-4-12(5-2)14-13(15)11-8-6-10(3)7-9-11/h6-9,12H,4-5H2,1-3H3,(H,14,15). The fraction of sp³-hybridized carbons (Fsp3) is 0.462. The van der Waals surface area contributed by atoms with Gasteiger partial charge in [-0.05, 0) is 31.9 Å². The fourth-order valence-corrected chi connectivity index (χ4v) is 1.47. The van der Waals surface area contributed by atoms with Crippen molar-refractivity contribution in [2.45, 2.75) is 39.7 Å². The molecule has 1 N–H and O–H groups in total. The van der Waals surface area contributed by atoms with Crippen molar-refractivity contribution in [2.24, 2.45) is 0 Å². The third-order valence-corrected chi connectivity index (χ3v) is 2.63. The molecule has 0 aliphatic rings. The second kappa shape index (κ2) is 5.54. The lowest BCUT2D eigenvalue weighted by atomic mass is 10.1. The summed E-state index contributed by atoms with van der Waals surface area (Å²) < 4.78 is 0. The first-order valence-corrected chi connectivity index (χ1v) is 5.54. The van der Waals surface area contributed by atoms with Crippen LogP contribution in [0.25, 0.3) is 0 Å². The molecule has 0 unspecified atom stereocenters. The highest BCUT2D eigenvalue weighted by molar-refractivity contribution is 5.94. The van der Waals surface area contributed by atoms with Crippen LogP contribution in [0.2, 0.25) is 0 Å². The molecule has 0 radical (unpaired) electrons. The van der Waals surface area contributed by atoms with Gasteiger partial charge in [-0.1, -0.05) is 31.5 Å². The van der Waals surface area contributed by atoms with Crippen molar-refractivity contribution in [2.75, 3.05) is 0 Å². The van der Waals surface area contributed by atoms with Gasteiger partial charge in [-0.2, -0.15) is 0 Å². The average Bonchev–Trinajstić information content (AvgIpc) is 2.26. The summed E-state index contributed by atoms with van der Waals surface area (Å²) in [6.45, 7) is 6.19. The van der Waals surface area contributed by atoms with Gasteiger partial charge in [0.25, 0.3) is 5.91 Å². The number of carbonyl (C=O) groups is 1. The molecule has 0 aromatic heterocycles. The molecule has 0 fully saturated rings. The minimum Gasteiger partial charge on any atom is -0.349 e. The number of nitrogens with one attached hydrogen (secondary N) is 1. The third kappa shape index (κ3) is 3.39. The van der Waals surface area contributed by atoms with Crippen molar-refractivity contribution in [1.82, 2.24) is 5.32 Å². The molecule has 0 aliphatic carbocycles. The number of hydrogen-bond donors (Lipinski definition) is 1. The van der Waals surface area contributed by atoms with Crippen molar-refractivity contribution < 1.29 is 4.79 Å². The Bertz CT molecular complexity index is 312. The normalized spacial score (nSPS) is 10.4. The topological polar surface area (TPSA) is 29.1 Å². The van der Waals surface area contributed by atoms with Crippen molar-refractivity contribution in [3.05, 3.63) is 35.4 Å². The number of benzene rings is 1. The van der Waals surface area contributed by atoms with E-state index in [4.69, 9.17) is 0 Å². The summed E-state index contributed by atoms with van der Waals surface area (Å²) in [6.07, 6.45) is 1.96. The monoisotopic (exact) mass is 205 g/mol. The molecule has 0 bridgehead atoms. The van der Waals surface area contributed by atoms with Gasteiger partial charge in [0.15, 0.2) is 0 Å². The van der Waals surface area contributed by atoms with Crippen LogP contribution in [0, 0.1) is 6.92 Å². The van der Waals surface area contributed by atoms with Crippen LogP contribution >= 0.6 is 0 Å². The first-order valence-electron chi connectivity index (χ1n) is 5.54. The van der Waals surface area contributed by atoms with Gasteiger partial charge in [0.1, 0.15) is 0 Å². The minimum atomic E-state index is 0.0312. The zero-order chi connectivity index (χ0) is 11.3. The van der Waals surface area contributed by atoms with Gasteiger partial charge in [0.2, 0.25) is 0 Å². The molecule has 82 valence electrons. The van der Waals surface area contributed by atoms with E-state index in [2.05, 4.69) is 19.2 Å². The Balaban J connectivity index is 2.64. The second-order valence-corrected chi connectivity index (χ2v) is 3.85. The number of carbonyl (C=O) groups excluding carboxylic acids is 1. The Labute approximate surface area is 91.7 Å². The van der Waals surface area contributed by atoms with E-state index in [1.165, 1.54) is 5.56 Å². The molecule has 1 aromatic rings. The van der Waals surface area contributed by atoms with Crippen LogP contribution in [0.3, 0.4) is 0 Å². The second-order valence-electron chi connectivity index (χ2n) is 3.85. The maximum atomic E-state index is 11.8. The molecule has 15 heavy (non-hydrogen) atoms. The van der Waals surface area contributed by atoms with E-state index in [0.717, 1.165) is 18.4 Å². The van der Waals surface area contributed by atoms with Gasteiger partial charge < -0.3 is 5.32 Å². The first kappa shape index (κ1) is 11.8. The van der Waals surface area contributed by atoms with E-state index >= 15 is 0 Å². The smallest absolute Gasteiger partial charge is 0.251 e. The van der Waals surface area contributed by atoms with E-state index in [9.17, 15) is 4.79 Å². The maximum Gasteiger partial charge on any atom is 0.251 e. The van der Waals surface area contributed by atoms with Crippen LogP contribution < -0.4 is 5.32 Å². The van der Waals surface area contributed by atoms with Gasteiger partial charge in [-0.25, -0.2) is 0 Å². The summed E-state index contributed by atoms with van der Waals surface area (Å²) >= 11 is 0. The fourth-order valence-electron chi connectivity index (χ4n) is 1.47. The Kier molecular flexibility index (Phi) is 4.35. The van der Waals surface area contributed by atoms with Crippen molar-refractivity contribution in [1.29, 1.82) is 0 Å². The van der Waals surface area contributed by atoms with Crippen molar-refractivity contribution >= 4 is 5.91 Å². The summed E-state index contributed by atoms with van der Waals surface area (Å²) in [5, 5.41) is 3.01. The molecule has 0 spiro atoms. The van der Waals surface area contributed by atoms with Crippen molar-refractivity contribution in [3.8, 4) is 0 Å². The molecule has 0 saturated heterocycles. The summed E-state index contributed by atoms with van der Waals surface area (Å²) in [5.74, 6) is 0.0312. The highest BCUT2D eigenvalue weighted by Gasteiger charge is 2.09. The molecular formula is C13H19NO. The minimum absolute atomic E-state index is 0.0312. The van der Waals surface area contributed by atoms with E-state index in [1.807, 2.05) is 31.2 Å². The zero-order valence-electron chi connectivity index (χ0n) is 9.71. The van der Waals surface area contributed by atoms with Gasteiger partial charge in [-0.3, -0.25) is 4.79 Å². The zero-order valence-corrected chi connectivity index (χ0v) is 9.71. The maximum absolute atomic E-state index is 11.8. The number of hydrogen-bond acceptors (Lipinski definition) is 1. The predicted octanol–water partition coefficient (Wildman–Crippen LogP) is 2.91. The summed E-state index contributed by atoms with van der Waals surface area (Å²) in [6, 6.07) is 7.95. The van der Waals surface area contributed by atoms with Crippen LogP contribution in [-0.2, 0) is 0 Å². The van der Waals surface area contributed by atoms with E-state index in [1.54, 1.807) is 0 Å². The molecule has 1 rings (SSSR count). The highest BCUT2D eigenvalue weighted by Crippen LogP contribution is 2.04. The van der Waals surface area contributed by atoms with E-state index < -0.39 is 0 Å². The molecular weight excluding hydrogens is 186 g/mol. The largest absolute Gasteiger partial charge is 0.349 e. The van der Waals surface area contributed by atoms with Crippen LogP contribution in [0.4, 0.5) is 0 Å². The van der Waals surface area contributed by atoms with E-state index in [-0.39, 0.29) is 5.91 Å². The van der Waals surface area contributed by atoms with Crippen LogP contribution in [0.5, 0.6) is 0 Å². The molecule has 0 atom stereocenters. The lowest BCUT2D eigenvalue weighted by Crippen LogP contribution is -2.33. The lowest BCUT2D eigenvalue weighted by molar-refractivity contribution is 0.0935. The summed E-state index contributed by atoms with van der Waals surface area (Å²) in [5.41, 5.74) is 1.92. The summed E-state index contributed by atoms with van der Waals surface area (Å²) in [4.78, 5) is 11.8. The Morgan fingerprint density at radius 1 is 1.20 bits per heavy atom. The molecule has 0 aliphatic heterocycles. The quantitative estimate of drug-likeness (QED) is 0.804. The Hall–Kier alpha value is -1.31. The van der Waals surface area contributed by atoms with Gasteiger partial charge in [0, 0.05) is 11.6 Å². The van der Waals surface area contributed by atoms with Crippen LogP contribution in [0.1, 0.15) is 42.6 Å². The van der Waals surface area contributed by atoms with Gasteiger partial charge >= 0.3 is 0 Å². The van der Waals surface area contributed by atoms with Gasteiger partial charge in [-0.15, -0.1) is 0 Å². The third-order valence-electron chi connectivity index (χ3n) is 2.63. The predicted molar refractivity (Wildman–Crippen MR) is 63.0 cm³/mol. The van der Waals surface area contributed by atoms with Crippen LogP contribution in [-0.4, -0.2) is 11.9 Å². The number of aryl methyl sites for hydroxylation is 1. The average molecular weight is 205 g/mol. The Morgan fingerprint density at radius 3 is 2.20 bits per heavy atom. The SMILES string of the molecule is CCC(CC)NC(=O)c1ccc(C)cc1. The summed E-state index contributed by atoms with van der Waals surface area (Å²) in [7, 11) is 0. The molecule has 0 saturated carbocycles.